The van der Waals surface area contributed by atoms with Gasteiger partial charge in [0.05, 0.1) is 0 Å². The van der Waals surface area contributed by atoms with Crippen LogP contribution < -0.4 is 10.6 Å². The molecule has 0 aliphatic carbocycles. The zero-order valence-electron chi connectivity index (χ0n) is 11.8. The summed E-state index contributed by atoms with van der Waals surface area (Å²) in [5, 5.41) is 5.43. The van der Waals surface area contributed by atoms with Crippen LogP contribution in [-0.2, 0) is 16.0 Å². The highest BCUT2D eigenvalue weighted by Gasteiger charge is 2.13. The van der Waals surface area contributed by atoms with Crippen molar-refractivity contribution in [1.29, 1.82) is 0 Å². The predicted octanol–water partition coefficient (Wildman–Crippen LogP) is 1.57. The third-order valence-electron chi connectivity index (χ3n) is 2.99. The van der Waals surface area contributed by atoms with Crippen LogP contribution in [0.5, 0.6) is 0 Å². The maximum atomic E-state index is 11.7. The SMILES string of the molecule is CNC(NC(=O)CCCc1ccc(C)cc1)C(C)=O. The van der Waals surface area contributed by atoms with Gasteiger partial charge in [-0.2, -0.15) is 0 Å². The Kier molecular flexibility index (Phi) is 6.22. The molecule has 4 nitrogen and oxygen atoms in total. The maximum absolute atomic E-state index is 11.7. The molecule has 0 aliphatic rings. The first-order chi connectivity index (χ1) is 9.02. The van der Waals surface area contributed by atoms with Gasteiger partial charge in [-0.25, -0.2) is 0 Å². The first-order valence-electron chi connectivity index (χ1n) is 6.55. The molecule has 0 fully saturated rings. The van der Waals surface area contributed by atoms with Crippen LogP contribution in [0.2, 0.25) is 0 Å². The molecule has 4 heteroatoms. The minimum atomic E-state index is -0.577. The van der Waals surface area contributed by atoms with Gasteiger partial charge in [0.25, 0.3) is 0 Å². The number of Topliss-reactive ketones (excluding diaryl/α,β-unsaturated/α-hetero) is 1. The molecule has 0 aliphatic heterocycles. The molecule has 0 heterocycles. The lowest BCUT2D eigenvalue weighted by molar-refractivity contribution is -0.127. The van der Waals surface area contributed by atoms with E-state index in [9.17, 15) is 9.59 Å². The summed E-state index contributed by atoms with van der Waals surface area (Å²) in [7, 11) is 1.65. The second-order valence-corrected chi connectivity index (χ2v) is 4.74. The predicted molar refractivity (Wildman–Crippen MR) is 75.8 cm³/mol. The maximum Gasteiger partial charge on any atom is 0.221 e. The normalized spacial score (nSPS) is 11.9. The largest absolute Gasteiger partial charge is 0.334 e. The van der Waals surface area contributed by atoms with E-state index < -0.39 is 6.17 Å². The molecule has 1 rings (SSSR count). The zero-order chi connectivity index (χ0) is 14.3. The van der Waals surface area contributed by atoms with Gasteiger partial charge in [-0.3, -0.25) is 14.9 Å². The number of nitrogens with one attached hydrogen (secondary N) is 2. The molecule has 1 aromatic rings. The van der Waals surface area contributed by atoms with E-state index in [1.165, 1.54) is 18.1 Å². The summed E-state index contributed by atoms with van der Waals surface area (Å²) < 4.78 is 0. The lowest BCUT2D eigenvalue weighted by Crippen LogP contribution is -2.48. The molecule has 19 heavy (non-hydrogen) atoms. The quantitative estimate of drug-likeness (QED) is 0.733. The molecule has 104 valence electrons. The fourth-order valence-electron chi connectivity index (χ4n) is 1.82. The van der Waals surface area contributed by atoms with E-state index in [0.29, 0.717) is 6.42 Å². The average molecular weight is 262 g/mol. The number of likely N-dealkylation sites (N-methyl/N-ethyl adjacent to an activating group) is 1. The van der Waals surface area contributed by atoms with Crippen LogP contribution in [0.25, 0.3) is 0 Å². The van der Waals surface area contributed by atoms with E-state index in [0.717, 1.165) is 12.8 Å². The average Bonchev–Trinajstić information content (AvgIpc) is 2.38. The second-order valence-electron chi connectivity index (χ2n) is 4.74. The third kappa shape index (κ3) is 5.66. The number of ketones is 1. The molecule has 1 unspecified atom stereocenters. The minimum Gasteiger partial charge on any atom is -0.334 e. The molecule has 1 amide bonds. The van der Waals surface area contributed by atoms with Crippen LogP contribution in [0, 0.1) is 6.92 Å². The van der Waals surface area contributed by atoms with Crippen LogP contribution in [0.4, 0.5) is 0 Å². The molecular weight excluding hydrogens is 240 g/mol. The van der Waals surface area contributed by atoms with Crippen molar-refractivity contribution in [1.82, 2.24) is 10.6 Å². The number of hydrogen-bond acceptors (Lipinski definition) is 3. The van der Waals surface area contributed by atoms with E-state index >= 15 is 0 Å². The molecule has 0 aromatic heterocycles. The molecule has 1 aromatic carbocycles. The van der Waals surface area contributed by atoms with Crippen molar-refractivity contribution in [3.05, 3.63) is 35.4 Å². The molecule has 0 spiro atoms. The summed E-state index contributed by atoms with van der Waals surface area (Å²) in [6.07, 6.45) is 1.51. The number of carbonyl (C=O) groups excluding carboxylic acids is 2. The van der Waals surface area contributed by atoms with Gasteiger partial charge < -0.3 is 5.32 Å². The van der Waals surface area contributed by atoms with Crippen molar-refractivity contribution in [2.75, 3.05) is 7.05 Å². The van der Waals surface area contributed by atoms with Gasteiger partial charge in [-0.05, 0) is 39.3 Å². The number of rotatable bonds is 7. The molecule has 2 N–H and O–H groups in total. The highest BCUT2D eigenvalue weighted by atomic mass is 16.2. The molecule has 1 atom stereocenters. The first-order valence-corrected chi connectivity index (χ1v) is 6.55. The molecule has 0 radical (unpaired) electrons. The summed E-state index contributed by atoms with van der Waals surface area (Å²) in [4.78, 5) is 22.8. The van der Waals surface area contributed by atoms with Crippen molar-refractivity contribution < 1.29 is 9.59 Å². The highest BCUT2D eigenvalue weighted by Crippen LogP contribution is 2.07. The van der Waals surface area contributed by atoms with E-state index in [4.69, 9.17) is 0 Å². The Labute approximate surface area is 114 Å². The van der Waals surface area contributed by atoms with Gasteiger partial charge in [0.1, 0.15) is 6.17 Å². The Morgan fingerprint density at radius 2 is 1.84 bits per heavy atom. The van der Waals surface area contributed by atoms with E-state index in [1.54, 1.807) is 7.05 Å². The van der Waals surface area contributed by atoms with Gasteiger partial charge in [-0.15, -0.1) is 0 Å². The fraction of sp³-hybridized carbons (Fsp3) is 0.467. The van der Waals surface area contributed by atoms with Crippen molar-refractivity contribution in [3.8, 4) is 0 Å². The number of amides is 1. The lowest BCUT2D eigenvalue weighted by Gasteiger charge is -2.14. The van der Waals surface area contributed by atoms with Crippen molar-refractivity contribution in [3.63, 3.8) is 0 Å². The lowest BCUT2D eigenvalue weighted by atomic mass is 10.1. The second kappa shape index (κ2) is 7.69. The summed E-state index contributed by atoms with van der Waals surface area (Å²) in [5.74, 6) is -0.184. The van der Waals surface area contributed by atoms with Gasteiger partial charge in [-0.1, -0.05) is 29.8 Å². The van der Waals surface area contributed by atoms with E-state index in [-0.39, 0.29) is 11.7 Å². The van der Waals surface area contributed by atoms with Crippen molar-refractivity contribution in [2.45, 2.75) is 39.3 Å². The fourth-order valence-corrected chi connectivity index (χ4v) is 1.82. The van der Waals surface area contributed by atoms with Crippen LogP contribution in [0.15, 0.2) is 24.3 Å². The van der Waals surface area contributed by atoms with Crippen molar-refractivity contribution >= 4 is 11.7 Å². The summed E-state index contributed by atoms with van der Waals surface area (Å²) in [6.45, 7) is 3.50. The topological polar surface area (TPSA) is 58.2 Å². The third-order valence-corrected chi connectivity index (χ3v) is 2.99. The molecular formula is C15H22N2O2. The Balaban J connectivity index is 2.30. The molecule has 0 saturated carbocycles. The summed E-state index contributed by atoms with van der Waals surface area (Å²) in [5.41, 5.74) is 2.47. The van der Waals surface area contributed by atoms with Crippen molar-refractivity contribution in [2.24, 2.45) is 0 Å². The molecule has 0 bridgehead atoms. The van der Waals surface area contributed by atoms with Gasteiger partial charge >= 0.3 is 0 Å². The summed E-state index contributed by atoms with van der Waals surface area (Å²) in [6, 6.07) is 8.31. The van der Waals surface area contributed by atoms with Crippen LogP contribution >= 0.6 is 0 Å². The smallest absolute Gasteiger partial charge is 0.221 e. The van der Waals surface area contributed by atoms with Crippen LogP contribution in [-0.4, -0.2) is 24.9 Å². The van der Waals surface area contributed by atoms with E-state index in [2.05, 4.69) is 41.8 Å². The Morgan fingerprint density at radius 3 is 2.37 bits per heavy atom. The molecule has 0 saturated heterocycles. The van der Waals surface area contributed by atoms with Gasteiger partial charge in [0.15, 0.2) is 5.78 Å². The Hall–Kier alpha value is -1.68. The monoisotopic (exact) mass is 262 g/mol. The van der Waals surface area contributed by atoms with Crippen LogP contribution in [0.3, 0.4) is 0 Å². The Morgan fingerprint density at radius 1 is 1.21 bits per heavy atom. The van der Waals surface area contributed by atoms with Crippen LogP contribution in [0.1, 0.15) is 30.9 Å². The number of hydrogen-bond donors (Lipinski definition) is 2. The van der Waals surface area contributed by atoms with E-state index in [1.807, 2.05) is 0 Å². The summed E-state index contributed by atoms with van der Waals surface area (Å²) >= 11 is 0. The zero-order valence-corrected chi connectivity index (χ0v) is 11.8. The number of benzene rings is 1. The first kappa shape index (κ1) is 15.4. The number of aryl methyl sites for hydroxylation is 2. The standard InChI is InChI=1S/C15H22N2O2/c1-11-7-9-13(10-8-11)5-4-6-14(19)17-15(16-3)12(2)18/h7-10,15-16H,4-6H2,1-3H3,(H,17,19). The Bertz CT molecular complexity index is 426. The number of carbonyl (C=O) groups is 2. The van der Waals surface area contributed by atoms with Gasteiger partial charge in [0.2, 0.25) is 5.91 Å². The minimum absolute atomic E-state index is 0.0885. The highest BCUT2D eigenvalue weighted by molar-refractivity contribution is 5.87. The van der Waals surface area contributed by atoms with Gasteiger partial charge in [0, 0.05) is 6.42 Å².